The Balaban J connectivity index is 1.27. The Morgan fingerprint density at radius 1 is 1.10 bits per heavy atom. The first-order valence-corrected chi connectivity index (χ1v) is 14.0. The molecule has 2 atom stereocenters. The van der Waals surface area contributed by atoms with E-state index in [9.17, 15) is 18.0 Å². The maximum atomic E-state index is 15.4. The molecule has 0 saturated carbocycles. The maximum Gasteiger partial charge on any atom is 0.417 e. The van der Waals surface area contributed by atoms with E-state index in [0.29, 0.717) is 55.0 Å². The fourth-order valence-electron chi connectivity index (χ4n) is 6.33. The summed E-state index contributed by atoms with van der Waals surface area (Å²) in [5, 5.41) is 4.36. The number of carbonyl (C=O) groups excluding carboxylic acids is 1. The monoisotopic (exact) mass is 578 g/mol. The van der Waals surface area contributed by atoms with Crippen molar-refractivity contribution in [3.8, 4) is 22.6 Å². The zero-order valence-electron chi connectivity index (χ0n) is 23.3. The van der Waals surface area contributed by atoms with Gasteiger partial charge in [-0.15, -0.1) is 0 Å². The van der Waals surface area contributed by atoms with Gasteiger partial charge in [-0.05, 0) is 96.7 Å². The van der Waals surface area contributed by atoms with Gasteiger partial charge in [-0.2, -0.15) is 18.3 Å². The zero-order valence-corrected chi connectivity index (χ0v) is 23.3. The van der Waals surface area contributed by atoms with E-state index in [4.69, 9.17) is 9.47 Å². The van der Waals surface area contributed by atoms with E-state index in [0.717, 1.165) is 28.3 Å². The fourth-order valence-corrected chi connectivity index (χ4v) is 6.33. The zero-order chi connectivity index (χ0) is 29.6. The van der Waals surface area contributed by atoms with E-state index < -0.39 is 17.6 Å². The SMILES string of the molecule is COC(=O)C[C@@H]1COc2cc(CC[C@@H]3CCc4c(-c5ccc(-n6ccc(C)n6)cc5)c(C(F)(F)F)cc(F)c43)ccc21. The number of aryl methyl sites for hydroxylation is 2. The first-order valence-electron chi connectivity index (χ1n) is 14.0. The molecule has 1 aliphatic heterocycles. The number of rotatable bonds is 7. The molecule has 2 heterocycles. The summed E-state index contributed by atoms with van der Waals surface area (Å²) in [6, 6.07) is 15.2. The van der Waals surface area contributed by atoms with Crippen molar-refractivity contribution in [2.24, 2.45) is 0 Å². The molecule has 2 aliphatic rings. The Morgan fingerprint density at radius 2 is 1.88 bits per heavy atom. The number of nitrogens with zero attached hydrogens (tertiary/aromatic N) is 2. The van der Waals surface area contributed by atoms with Gasteiger partial charge in [-0.1, -0.05) is 24.3 Å². The number of aromatic nitrogens is 2. The molecule has 218 valence electrons. The van der Waals surface area contributed by atoms with Crippen LogP contribution in [0.1, 0.15) is 64.6 Å². The average molecular weight is 579 g/mol. The lowest BCUT2D eigenvalue weighted by Gasteiger charge is -2.20. The Bertz CT molecular complexity index is 1640. The number of ether oxygens (including phenoxy) is 2. The fraction of sp³-hybridized carbons (Fsp3) is 0.333. The van der Waals surface area contributed by atoms with Crippen LogP contribution in [0.25, 0.3) is 16.8 Å². The smallest absolute Gasteiger partial charge is 0.417 e. The summed E-state index contributed by atoms with van der Waals surface area (Å²) in [6.45, 7) is 2.27. The lowest BCUT2D eigenvalue weighted by Crippen LogP contribution is -2.11. The molecule has 0 spiro atoms. The summed E-state index contributed by atoms with van der Waals surface area (Å²) >= 11 is 0. The minimum absolute atomic E-state index is 0.0590. The quantitative estimate of drug-likeness (QED) is 0.167. The highest BCUT2D eigenvalue weighted by Crippen LogP contribution is 2.48. The Hall–Kier alpha value is -4.14. The molecule has 0 bridgehead atoms. The molecular formula is C33H30F4N2O3. The van der Waals surface area contributed by atoms with Crippen LogP contribution in [0.4, 0.5) is 17.6 Å². The van der Waals surface area contributed by atoms with Gasteiger partial charge in [0.15, 0.2) is 0 Å². The summed E-state index contributed by atoms with van der Waals surface area (Å²) in [5.41, 5.74) is 3.87. The molecule has 0 radical (unpaired) electrons. The van der Waals surface area contributed by atoms with E-state index in [1.807, 2.05) is 31.2 Å². The minimum Gasteiger partial charge on any atom is -0.493 e. The number of halogens is 4. The second kappa shape index (κ2) is 10.9. The Labute approximate surface area is 241 Å². The van der Waals surface area contributed by atoms with Crippen molar-refractivity contribution in [3.05, 3.63) is 100 Å². The van der Waals surface area contributed by atoms with E-state index in [1.165, 1.54) is 7.11 Å². The van der Waals surface area contributed by atoms with Crippen LogP contribution in [0.2, 0.25) is 0 Å². The van der Waals surface area contributed by atoms with Gasteiger partial charge in [0.05, 0.1) is 37.1 Å². The van der Waals surface area contributed by atoms with Gasteiger partial charge in [0.1, 0.15) is 11.6 Å². The molecule has 5 nitrogen and oxygen atoms in total. The largest absolute Gasteiger partial charge is 0.493 e. The van der Waals surface area contributed by atoms with Gasteiger partial charge in [-0.3, -0.25) is 4.79 Å². The number of hydrogen-bond acceptors (Lipinski definition) is 4. The molecule has 4 aromatic rings. The molecule has 0 N–H and O–H groups in total. The number of fused-ring (bicyclic) bond motifs is 2. The highest BCUT2D eigenvalue weighted by atomic mass is 19.4. The summed E-state index contributed by atoms with van der Waals surface area (Å²) < 4.78 is 70.3. The van der Waals surface area contributed by atoms with Crippen molar-refractivity contribution in [2.45, 2.75) is 57.0 Å². The molecule has 0 saturated heterocycles. The van der Waals surface area contributed by atoms with Crippen LogP contribution in [0.15, 0.2) is 60.8 Å². The van der Waals surface area contributed by atoms with Crippen molar-refractivity contribution in [2.75, 3.05) is 13.7 Å². The third kappa shape index (κ3) is 5.28. The third-order valence-electron chi connectivity index (χ3n) is 8.40. The predicted molar refractivity (Wildman–Crippen MR) is 149 cm³/mol. The summed E-state index contributed by atoms with van der Waals surface area (Å²) in [5.74, 6) is -0.621. The van der Waals surface area contributed by atoms with Crippen molar-refractivity contribution in [3.63, 3.8) is 0 Å². The maximum absolute atomic E-state index is 15.4. The standard InChI is InChI=1S/C33H30F4N2O3/c1-19-13-14-39(38-19)24-9-6-21(7-10-24)31-26-12-8-22(32(26)28(34)17-27(31)33(35,36)37)5-3-20-4-11-25-23(16-30(40)41-2)18-42-29(25)15-20/h4,6-7,9-11,13-15,17,22-23H,3,5,8,12,16,18H2,1-2H3/t22-,23-/m1/s1. The van der Waals surface area contributed by atoms with Gasteiger partial charge >= 0.3 is 12.1 Å². The van der Waals surface area contributed by atoms with Gasteiger partial charge in [-0.25, -0.2) is 9.07 Å². The molecule has 0 unspecified atom stereocenters. The number of hydrogen-bond donors (Lipinski definition) is 0. The number of esters is 1. The van der Waals surface area contributed by atoms with Crippen molar-refractivity contribution >= 4 is 5.97 Å². The van der Waals surface area contributed by atoms with Crippen molar-refractivity contribution in [1.82, 2.24) is 9.78 Å². The van der Waals surface area contributed by atoms with Crippen molar-refractivity contribution < 1.29 is 31.8 Å². The first-order chi connectivity index (χ1) is 20.1. The van der Waals surface area contributed by atoms with E-state index in [1.54, 1.807) is 35.1 Å². The highest BCUT2D eigenvalue weighted by molar-refractivity contribution is 5.75. The highest BCUT2D eigenvalue weighted by Gasteiger charge is 2.39. The Morgan fingerprint density at radius 3 is 2.57 bits per heavy atom. The number of methoxy groups -OCH3 is 1. The molecular weight excluding hydrogens is 548 g/mol. The Kier molecular flexibility index (Phi) is 7.29. The van der Waals surface area contributed by atoms with Crippen LogP contribution in [-0.2, 0) is 28.5 Å². The van der Waals surface area contributed by atoms with Gasteiger partial charge in [0, 0.05) is 17.7 Å². The van der Waals surface area contributed by atoms with Crippen molar-refractivity contribution in [1.29, 1.82) is 0 Å². The van der Waals surface area contributed by atoms with Crippen LogP contribution in [-0.4, -0.2) is 29.5 Å². The third-order valence-corrected chi connectivity index (χ3v) is 8.40. The van der Waals surface area contributed by atoms with Crippen LogP contribution in [0, 0.1) is 12.7 Å². The predicted octanol–water partition coefficient (Wildman–Crippen LogP) is 7.71. The average Bonchev–Trinajstić information content (AvgIpc) is 3.70. The summed E-state index contributed by atoms with van der Waals surface area (Å²) in [4.78, 5) is 11.7. The second-order valence-electron chi connectivity index (χ2n) is 11.1. The molecule has 1 aliphatic carbocycles. The lowest BCUT2D eigenvalue weighted by atomic mass is 9.87. The molecule has 3 aromatic carbocycles. The van der Waals surface area contributed by atoms with Gasteiger partial charge in [0.2, 0.25) is 0 Å². The molecule has 0 fully saturated rings. The summed E-state index contributed by atoms with van der Waals surface area (Å²) in [6.07, 6.45) is -0.495. The molecule has 1 aromatic heterocycles. The topological polar surface area (TPSA) is 53.4 Å². The molecule has 6 rings (SSSR count). The molecule has 0 amide bonds. The normalized spacial score (nSPS) is 17.6. The molecule has 42 heavy (non-hydrogen) atoms. The van der Waals surface area contributed by atoms with E-state index >= 15 is 4.39 Å². The first kappa shape index (κ1) is 28.0. The van der Waals surface area contributed by atoms with Crippen LogP contribution >= 0.6 is 0 Å². The van der Waals surface area contributed by atoms with Crippen LogP contribution < -0.4 is 4.74 Å². The summed E-state index contributed by atoms with van der Waals surface area (Å²) in [7, 11) is 1.36. The van der Waals surface area contributed by atoms with Gasteiger partial charge in [0.25, 0.3) is 0 Å². The number of alkyl halides is 3. The van der Waals surface area contributed by atoms with Gasteiger partial charge < -0.3 is 9.47 Å². The van der Waals surface area contributed by atoms with E-state index in [2.05, 4.69) is 5.10 Å². The lowest BCUT2D eigenvalue weighted by molar-refractivity contribution is -0.141. The number of benzene rings is 3. The second-order valence-corrected chi connectivity index (χ2v) is 11.1. The van der Waals surface area contributed by atoms with E-state index in [-0.39, 0.29) is 29.8 Å². The molecule has 9 heteroatoms. The van der Waals surface area contributed by atoms with Crippen LogP contribution in [0.5, 0.6) is 5.75 Å². The minimum atomic E-state index is -4.70. The number of carbonyl (C=O) groups is 1. The van der Waals surface area contributed by atoms with Crippen LogP contribution in [0.3, 0.4) is 0 Å².